The Morgan fingerprint density at radius 1 is 0.974 bits per heavy atom. The first-order valence-electron chi connectivity index (χ1n) is 11.4. The van der Waals surface area contributed by atoms with E-state index in [9.17, 15) is 18.0 Å². The lowest BCUT2D eigenvalue weighted by atomic mass is 10.1. The second-order valence-corrected chi connectivity index (χ2v) is 8.89. The van der Waals surface area contributed by atoms with Crippen LogP contribution in [0.25, 0.3) is 0 Å². The number of halogens is 5. The van der Waals surface area contributed by atoms with Crippen LogP contribution in [0.3, 0.4) is 0 Å². The number of carboxylic acids is 1. The molecule has 1 aliphatic rings. The van der Waals surface area contributed by atoms with Crippen molar-refractivity contribution in [2.24, 2.45) is 0 Å². The number of hydrogen-bond acceptors (Lipinski definition) is 6. The standard InChI is InChI=1S/C23H23Cl2N5O.C2HF3O2/c24-20-3-1-2-17(22(20)25)6-11-27-23(31)18-4-5-21(28-16-18)30-14-12-29(13-15-30)19-7-9-26-10-8-19;3-2(4,5)1(6)7/h1-5,7-10,16H,6,11-15H2,(H,27,31);(H,6,7). The van der Waals surface area contributed by atoms with Crippen LogP contribution in [0, 0.1) is 0 Å². The van der Waals surface area contributed by atoms with E-state index in [0.29, 0.717) is 28.6 Å². The summed E-state index contributed by atoms with van der Waals surface area (Å²) < 4.78 is 31.7. The first kappa shape index (κ1) is 29.0. The number of amides is 1. The zero-order chi connectivity index (χ0) is 27.7. The van der Waals surface area contributed by atoms with Gasteiger partial charge in [-0.3, -0.25) is 9.78 Å². The van der Waals surface area contributed by atoms with Gasteiger partial charge in [0.2, 0.25) is 0 Å². The van der Waals surface area contributed by atoms with Gasteiger partial charge in [0.05, 0.1) is 15.6 Å². The molecule has 3 heterocycles. The molecule has 0 saturated carbocycles. The van der Waals surface area contributed by atoms with Gasteiger partial charge in [-0.2, -0.15) is 13.2 Å². The maximum atomic E-state index is 12.4. The van der Waals surface area contributed by atoms with Crippen LogP contribution in [0.1, 0.15) is 15.9 Å². The summed E-state index contributed by atoms with van der Waals surface area (Å²) in [5.74, 6) is -2.02. The molecule has 3 aromatic rings. The molecule has 0 atom stereocenters. The fourth-order valence-corrected chi connectivity index (χ4v) is 4.02. The molecule has 0 unspecified atom stereocenters. The Hall–Kier alpha value is -3.57. The van der Waals surface area contributed by atoms with E-state index in [0.717, 1.165) is 37.6 Å². The van der Waals surface area contributed by atoms with Gasteiger partial charge in [0.1, 0.15) is 5.82 Å². The van der Waals surface area contributed by atoms with E-state index in [1.54, 1.807) is 12.3 Å². The van der Waals surface area contributed by atoms with Crippen molar-refractivity contribution in [3.8, 4) is 0 Å². The summed E-state index contributed by atoms with van der Waals surface area (Å²) in [6.07, 6.45) is 0.790. The Morgan fingerprint density at radius 2 is 1.61 bits per heavy atom. The maximum Gasteiger partial charge on any atom is 0.490 e. The number of rotatable bonds is 6. The fourth-order valence-electron chi connectivity index (χ4n) is 3.61. The van der Waals surface area contributed by atoms with Crippen molar-refractivity contribution in [3.63, 3.8) is 0 Å². The Labute approximate surface area is 227 Å². The summed E-state index contributed by atoms with van der Waals surface area (Å²) in [6.45, 7) is 4.06. The minimum Gasteiger partial charge on any atom is -0.475 e. The molecule has 38 heavy (non-hydrogen) atoms. The van der Waals surface area contributed by atoms with Gasteiger partial charge < -0.3 is 20.2 Å². The number of carboxylic acid groups (broad SMARTS) is 1. The quantitative estimate of drug-likeness (QED) is 0.443. The number of aliphatic carboxylic acids is 1. The van der Waals surface area contributed by atoms with E-state index < -0.39 is 12.1 Å². The van der Waals surface area contributed by atoms with Gasteiger partial charge in [-0.05, 0) is 42.3 Å². The molecule has 0 bridgehead atoms. The number of alkyl halides is 3. The van der Waals surface area contributed by atoms with Crippen LogP contribution in [-0.2, 0) is 11.2 Å². The number of aromatic nitrogens is 2. The molecule has 2 aromatic heterocycles. The first-order valence-corrected chi connectivity index (χ1v) is 12.2. The molecule has 8 nitrogen and oxygen atoms in total. The SMILES string of the molecule is O=C(NCCc1cccc(Cl)c1Cl)c1ccc(N2CCN(c3ccncc3)CC2)nc1.O=C(O)C(F)(F)F. The van der Waals surface area contributed by atoms with Crippen LogP contribution in [0.2, 0.25) is 10.0 Å². The van der Waals surface area contributed by atoms with Crippen LogP contribution >= 0.6 is 23.2 Å². The Kier molecular flexibility index (Phi) is 10.1. The van der Waals surface area contributed by atoms with E-state index in [1.807, 2.05) is 48.8 Å². The van der Waals surface area contributed by atoms with Gasteiger partial charge in [0.25, 0.3) is 5.91 Å². The van der Waals surface area contributed by atoms with Crippen LogP contribution in [0.4, 0.5) is 24.7 Å². The van der Waals surface area contributed by atoms with Crippen molar-refractivity contribution in [2.75, 3.05) is 42.5 Å². The van der Waals surface area contributed by atoms with Crippen molar-refractivity contribution in [3.05, 3.63) is 82.2 Å². The molecule has 1 amide bonds. The highest BCUT2D eigenvalue weighted by Crippen LogP contribution is 2.25. The molecule has 1 saturated heterocycles. The molecule has 0 spiro atoms. The van der Waals surface area contributed by atoms with E-state index in [-0.39, 0.29) is 5.91 Å². The number of pyridine rings is 2. The van der Waals surface area contributed by atoms with Crippen molar-refractivity contribution in [1.82, 2.24) is 15.3 Å². The second-order valence-electron chi connectivity index (χ2n) is 8.11. The monoisotopic (exact) mass is 569 g/mol. The number of nitrogens with zero attached hydrogens (tertiary/aromatic N) is 4. The fraction of sp³-hybridized carbons (Fsp3) is 0.280. The lowest BCUT2D eigenvalue weighted by Gasteiger charge is -2.36. The minimum atomic E-state index is -5.08. The zero-order valence-electron chi connectivity index (χ0n) is 20.0. The van der Waals surface area contributed by atoms with E-state index in [1.165, 1.54) is 5.69 Å². The van der Waals surface area contributed by atoms with E-state index >= 15 is 0 Å². The second kappa shape index (κ2) is 13.3. The van der Waals surface area contributed by atoms with E-state index in [4.69, 9.17) is 33.1 Å². The number of piperazine rings is 1. The van der Waals surface area contributed by atoms with Gasteiger partial charge in [0, 0.05) is 57.0 Å². The smallest absolute Gasteiger partial charge is 0.475 e. The summed E-state index contributed by atoms with van der Waals surface area (Å²) in [7, 11) is 0. The lowest BCUT2D eigenvalue weighted by Crippen LogP contribution is -2.46. The van der Waals surface area contributed by atoms with Gasteiger partial charge in [-0.15, -0.1) is 0 Å². The molecule has 1 fully saturated rings. The highest BCUT2D eigenvalue weighted by atomic mass is 35.5. The largest absolute Gasteiger partial charge is 0.490 e. The molecule has 0 aliphatic carbocycles. The number of anilines is 2. The topological polar surface area (TPSA) is 98.7 Å². The third kappa shape index (κ3) is 8.22. The third-order valence-corrected chi connectivity index (χ3v) is 6.45. The summed E-state index contributed by atoms with van der Waals surface area (Å²) in [5, 5.41) is 11.1. The summed E-state index contributed by atoms with van der Waals surface area (Å²) in [6, 6.07) is 13.3. The van der Waals surface area contributed by atoms with Crippen molar-refractivity contribution in [1.29, 1.82) is 0 Å². The van der Waals surface area contributed by atoms with Crippen LogP contribution in [0.15, 0.2) is 61.1 Å². The molecule has 13 heteroatoms. The van der Waals surface area contributed by atoms with Gasteiger partial charge in [0.15, 0.2) is 0 Å². The number of benzene rings is 1. The average Bonchev–Trinajstić information content (AvgIpc) is 2.91. The van der Waals surface area contributed by atoms with Gasteiger partial charge in [-0.25, -0.2) is 9.78 Å². The molecule has 1 aliphatic heterocycles. The van der Waals surface area contributed by atoms with E-state index in [2.05, 4.69) is 25.1 Å². The molecular formula is C25H24Cl2F3N5O3. The molecule has 4 rings (SSSR count). The molecule has 2 N–H and O–H groups in total. The third-order valence-electron chi connectivity index (χ3n) is 5.60. The maximum absolute atomic E-state index is 12.4. The minimum absolute atomic E-state index is 0.153. The normalized spacial score (nSPS) is 13.4. The summed E-state index contributed by atoms with van der Waals surface area (Å²) in [4.78, 5) is 34.5. The number of carbonyl (C=O) groups excluding carboxylic acids is 1. The molecule has 0 radical (unpaired) electrons. The average molecular weight is 570 g/mol. The van der Waals surface area contributed by atoms with Crippen molar-refractivity contribution in [2.45, 2.75) is 12.6 Å². The van der Waals surface area contributed by atoms with Crippen LogP contribution in [0.5, 0.6) is 0 Å². The first-order chi connectivity index (χ1) is 18.1. The van der Waals surface area contributed by atoms with Gasteiger partial charge >= 0.3 is 12.1 Å². The Morgan fingerprint density at radius 3 is 2.18 bits per heavy atom. The Bertz CT molecular complexity index is 1220. The number of nitrogens with one attached hydrogen (secondary N) is 1. The van der Waals surface area contributed by atoms with Crippen molar-refractivity contribution >= 4 is 46.6 Å². The predicted molar refractivity (Wildman–Crippen MR) is 139 cm³/mol. The van der Waals surface area contributed by atoms with Crippen LogP contribution < -0.4 is 15.1 Å². The molecule has 202 valence electrons. The Balaban J connectivity index is 0.000000505. The molecule has 1 aromatic carbocycles. The molecular weight excluding hydrogens is 546 g/mol. The predicted octanol–water partition coefficient (Wildman–Crippen LogP) is 4.72. The number of hydrogen-bond donors (Lipinski definition) is 2. The van der Waals surface area contributed by atoms with Crippen molar-refractivity contribution < 1.29 is 27.9 Å². The lowest BCUT2D eigenvalue weighted by molar-refractivity contribution is -0.192. The summed E-state index contributed by atoms with van der Waals surface area (Å²) >= 11 is 12.2. The summed E-state index contributed by atoms with van der Waals surface area (Å²) in [5.41, 5.74) is 2.64. The highest BCUT2D eigenvalue weighted by Gasteiger charge is 2.38. The highest BCUT2D eigenvalue weighted by molar-refractivity contribution is 6.42. The zero-order valence-corrected chi connectivity index (χ0v) is 21.5. The van der Waals surface area contributed by atoms with Crippen LogP contribution in [-0.4, -0.2) is 65.9 Å². The van der Waals surface area contributed by atoms with Gasteiger partial charge in [-0.1, -0.05) is 35.3 Å². The number of carbonyl (C=O) groups is 2.